The number of nitrogens with one attached hydrogen (secondary N) is 1. The first-order valence-corrected chi connectivity index (χ1v) is 7.54. The van der Waals surface area contributed by atoms with Gasteiger partial charge in [-0.15, -0.1) is 0 Å². The van der Waals surface area contributed by atoms with Crippen molar-refractivity contribution >= 4 is 16.8 Å². The summed E-state index contributed by atoms with van der Waals surface area (Å²) in [5.74, 6) is 0.121. The van der Waals surface area contributed by atoms with Crippen LogP contribution < -0.4 is 5.32 Å². The van der Waals surface area contributed by atoms with Gasteiger partial charge in [-0.25, -0.2) is 0 Å². The molecule has 2 aromatic rings. The van der Waals surface area contributed by atoms with Gasteiger partial charge in [0.15, 0.2) is 0 Å². The number of amides is 1. The topological polar surface area (TPSA) is 62.2 Å². The number of fused-ring (bicyclic) bond motifs is 1. The first-order valence-electron chi connectivity index (χ1n) is 7.54. The third kappa shape index (κ3) is 3.05. The Bertz CT molecular complexity index is 641. The van der Waals surface area contributed by atoms with Crippen LogP contribution in [-0.2, 0) is 0 Å². The molecule has 2 N–H and O–H groups in total. The lowest BCUT2D eigenvalue weighted by Crippen LogP contribution is -2.43. The second-order valence-corrected chi connectivity index (χ2v) is 5.72. The van der Waals surface area contributed by atoms with Crippen LogP contribution in [0.3, 0.4) is 0 Å². The van der Waals surface area contributed by atoms with Crippen LogP contribution in [0.1, 0.15) is 36.0 Å². The predicted molar refractivity (Wildman–Crippen MR) is 82.0 cm³/mol. The van der Waals surface area contributed by atoms with E-state index in [4.69, 9.17) is 0 Å². The maximum Gasteiger partial charge on any atom is 0.251 e. The van der Waals surface area contributed by atoms with Crippen molar-refractivity contribution in [2.75, 3.05) is 6.61 Å². The highest BCUT2D eigenvalue weighted by molar-refractivity contribution is 5.98. The fourth-order valence-corrected chi connectivity index (χ4v) is 3.08. The summed E-state index contributed by atoms with van der Waals surface area (Å²) in [6.07, 6.45) is 5.94. The number of carbonyl (C=O) groups is 1. The minimum absolute atomic E-state index is 0.0638. The smallest absolute Gasteiger partial charge is 0.251 e. The Labute approximate surface area is 124 Å². The van der Waals surface area contributed by atoms with Crippen molar-refractivity contribution in [2.24, 2.45) is 5.92 Å². The molecule has 0 aliphatic heterocycles. The molecule has 1 aromatic carbocycles. The summed E-state index contributed by atoms with van der Waals surface area (Å²) >= 11 is 0. The highest BCUT2D eigenvalue weighted by Gasteiger charge is 2.26. The zero-order valence-electron chi connectivity index (χ0n) is 12.0. The molecule has 1 saturated carbocycles. The number of pyridine rings is 1. The predicted octanol–water partition coefficient (Wildman–Crippen LogP) is 2.52. The van der Waals surface area contributed by atoms with Gasteiger partial charge < -0.3 is 10.4 Å². The Hall–Kier alpha value is -1.94. The molecule has 2 unspecified atom stereocenters. The van der Waals surface area contributed by atoms with Crippen LogP contribution in [0.5, 0.6) is 0 Å². The van der Waals surface area contributed by atoms with Crippen molar-refractivity contribution in [3.63, 3.8) is 0 Å². The summed E-state index contributed by atoms with van der Waals surface area (Å²) in [5.41, 5.74) is 1.54. The number of rotatable bonds is 3. The van der Waals surface area contributed by atoms with Crippen molar-refractivity contribution < 1.29 is 9.90 Å². The lowest BCUT2D eigenvalue weighted by Gasteiger charge is -2.30. The van der Waals surface area contributed by atoms with Crippen molar-refractivity contribution in [3.05, 3.63) is 42.1 Å². The van der Waals surface area contributed by atoms with Crippen LogP contribution in [0, 0.1) is 5.92 Å². The van der Waals surface area contributed by atoms with Gasteiger partial charge in [-0.3, -0.25) is 9.78 Å². The van der Waals surface area contributed by atoms with Gasteiger partial charge in [0.25, 0.3) is 5.91 Å². The average molecular weight is 284 g/mol. The van der Waals surface area contributed by atoms with E-state index in [9.17, 15) is 9.90 Å². The zero-order valence-corrected chi connectivity index (χ0v) is 12.0. The van der Waals surface area contributed by atoms with E-state index in [1.807, 2.05) is 24.3 Å². The zero-order chi connectivity index (χ0) is 14.7. The maximum absolute atomic E-state index is 12.4. The molecule has 2 atom stereocenters. The molecule has 0 spiro atoms. The number of nitrogens with zero attached hydrogens (tertiary/aromatic N) is 1. The first kappa shape index (κ1) is 14.0. The summed E-state index contributed by atoms with van der Waals surface area (Å²) in [4.78, 5) is 16.7. The minimum atomic E-state index is -0.0638. The van der Waals surface area contributed by atoms with Gasteiger partial charge in [-0.1, -0.05) is 18.9 Å². The molecular weight excluding hydrogens is 264 g/mol. The van der Waals surface area contributed by atoms with E-state index < -0.39 is 0 Å². The van der Waals surface area contributed by atoms with Crippen LogP contribution >= 0.6 is 0 Å². The SMILES string of the molecule is O=C(NC1CCCCC1CO)c1ccc2ncccc2c1. The standard InChI is InChI=1S/C17H20N2O2/c20-11-14-4-1-2-6-16(14)19-17(21)13-7-8-15-12(10-13)5-3-9-18-15/h3,5,7-10,14,16,20H,1-2,4,6,11H2,(H,19,21). The number of aliphatic hydroxyl groups excluding tert-OH is 1. The molecule has 110 valence electrons. The number of carbonyl (C=O) groups excluding carboxylic acids is 1. The molecular formula is C17H20N2O2. The van der Waals surface area contributed by atoms with Gasteiger partial charge in [0.1, 0.15) is 0 Å². The minimum Gasteiger partial charge on any atom is -0.396 e. The molecule has 1 heterocycles. The molecule has 1 aromatic heterocycles. The number of aromatic nitrogens is 1. The Balaban J connectivity index is 1.76. The van der Waals surface area contributed by atoms with Crippen molar-refractivity contribution in [1.29, 1.82) is 0 Å². The molecule has 0 radical (unpaired) electrons. The number of benzene rings is 1. The van der Waals surface area contributed by atoms with Gasteiger partial charge in [0.2, 0.25) is 0 Å². The molecule has 1 aliphatic carbocycles. The third-order valence-corrected chi connectivity index (χ3v) is 4.33. The quantitative estimate of drug-likeness (QED) is 0.910. The van der Waals surface area contributed by atoms with E-state index in [0.29, 0.717) is 5.56 Å². The van der Waals surface area contributed by atoms with Gasteiger partial charge in [0.05, 0.1) is 5.52 Å². The van der Waals surface area contributed by atoms with E-state index >= 15 is 0 Å². The molecule has 1 amide bonds. The molecule has 21 heavy (non-hydrogen) atoms. The van der Waals surface area contributed by atoms with Gasteiger partial charge in [-0.2, -0.15) is 0 Å². The largest absolute Gasteiger partial charge is 0.396 e. The summed E-state index contributed by atoms with van der Waals surface area (Å²) in [6.45, 7) is 0.145. The molecule has 3 rings (SSSR count). The van der Waals surface area contributed by atoms with E-state index in [1.54, 1.807) is 12.3 Å². The molecule has 0 saturated heterocycles. The fourth-order valence-electron chi connectivity index (χ4n) is 3.08. The van der Waals surface area contributed by atoms with Crippen molar-refractivity contribution in [1.82, 2.24) is 10.3 Å². The Morgan fingerprint density at radius 3 is 3.00 bits per heavy atom. The average Bonchev–Trinajstić information content (AvgIpc) is 2.55. The van der Waals surface area contributed by atoms with E-state index in [2.05, 4.69) is 10.3 Å². The summed E-state index contributed by atoms with van der Waals surface area (Å²) in [7, 11) is 0. The maximum atomic E-state index is 12.4. The highest BCUT2D eigenvalue weighted by atomic mass is 16.3. The van der Waals surface area contributed by atoms with Crippen molar-refractivity contribution in [3.8, 4) is 0 Å². The highest BCUT2D eigenvalue weighted by Crippen LogP contribution is 2.24. The summed E-state index contributed by atoms with van der Waals surface area (Å²) < 4.78 is 0. The number of aliphatic hydroxyl groups is 1. The fraction of sp³-hybridized carbons (Fsp3) is 0.412. The summed E-state index contributed by atoms with van der Waals surface area (Å²) in [6, 6.07) is 9.45. The van der Waals surface area contributed by atoms with Crippen LogP contribution in [0.15, 0.2) is 36.5 Å². The monoisotopic (exact) mass is 284 g/mol. The molecule has 1 aliphatic rings. The van der Waals surface area contributed by atoms with Crippen LogP contribution in [0.4, 0.5) is 0 Å². The Kier molecular flexibility index (Phi) is 4.15. The lowest BCUT2D eigenvalue weighted by molar-refractivity contribution is 0.0872. The van der Waals surface area contributed by atoms with Crippen LogP contribution in [0.2, 0.25) is 0 Å². The Morgan fingerprint density at radius 1 is 1.29 bits per heavy atom. The second-order valence-electron chi connectivity index (χ2n) is 5.72. The van der Waals surface area contributed by atoms with E-state index in [-0.39, 0.29) is 24.5 Å². The number of hydrogen-bond donors (Lipinski definition) is 2. The second kappa shape index (κ2) is 6.22. The third-order valence-electron chi connectivity index (χ3n) is 4.33. The van der Waals surface area contributed by atoms with Crippen molar-refractivity contribution in [2.45, 2.75) is 31.7 Å². The van der Waals surface area contributed by atoms with Gasteiger partial charge in [-0.05, 0) is 37.1 Å². The Morgan fingerprint density at radius 2 is 2.14 bits per heavy atom. The van der Waals surface area contributed by atoms with E-state index in [0.717, 1.165) is 36.6 Å². The molecule has 0 bridgehead atoms. The lowest BCUT2D eigenvalue weighted by atomic mass is 9.85. The van der Waals surface area contributed by atoms with Crippen LogP contribution in [0.25, 0.3) is 10.9 Å². The normalized spacial score (nSPS) is 22.1. The molecule has 1 fully saturated rings. The van der Waals surface area contributed by atoms with Gasteiger partial charge >= 0.3 is 0 Å². The number of hydrogen-bond acceptors (Lipinski definition) is 3. The van der Waals surface area contributed by atoms with Gasteiger partial charge in [0, 0.05) is 35.7 Å². The van der Waals surface area contributed by atoms with E-state index in [1.165, 1.54) is 0 Å². The first-order chi connectivity index (χ1) is 10.3. The summed E-state index contributed by atoms with van der Waals surface area (Å²) in [5, 5.41) is 13.5. The van der Waals surface area contributed by atoms with Crippen LogP contribution in [-0.4, -0.2) is 28.6 Å². The molecule has 4 nitrogen and oxygen atoms in total. The molecule has 4 heteroatoms.